The van der Waals surface area contributed by atoms with Crippen LogP contribution in [0.15, 0.2) is 28.5 Å². The molecule has 0 unspecified atom stereocenters. The minimum atomic E-state index is -0.800. The highest BCUT2D eigenvalue weighted by Gasteiger charge is 2.27. The average molecular weight is 247 g/mol. The largest absolute Gasteiger partial charge is 0.409 e. The number of aliphatic hydroxyl groups excluding tert-OH is 1. The van der Waals surface area contributed by atoms with E-state index < -0.39 is 12.1 Å². The number of azide groups is 1. The van der Waals surface area contributed by atoms with E-state index in [2.05, 4.69) is 15.2 Å². The second kappa shape index (κ2) is 4.95. The zero-order chi connectivity index (χ0) is 13.1. The summed E-state index contributed by atoms with van der Waals surface area (Å²) in [7, 11) is 0. The smallest absolute Gasteiger partial charge is 0.170 e. The number of aliphatic hydroxyl groups is 1. The monoisotopic (exact) mass is 247 g/mol. The highest BCUT2D eigenvalue weighted by atomic mass is 16.4. The lowest BCUT2D eigenvalue weighted by molar-refractivity contribution is 0.134. The molecule has 0 spiro atoms. The zero-order valence-corrected chi connectivity index (χ0v) is 9.56. The van der Waals surface area contributed by atoms with Crippen molar-refractivity contribution in [1.29, 1.82) is 0 Å². The number of oxime groups is 1. The van der Waals surface area contributed by atoms with Crippen molar-refractivity contribution in [3.8, 4) is 0 Å². The Balaban J connectivity index is 2.37. The highest BCUT2D eigenvalue weighted by Crippen LogP contribution is 2.32. The number of hydrogen-bond donors (Lipinski definition) is 3. The van der Waals surface area contributed by atoms with E-state index in [-0.39, 0.29) is 5.84 Å². The third-order valence-corrected chi connectivity index (χ3v) is 3.14. The number of hydrogen-bond acceptors (Lipinski definition) is 4. The Hall–Kier alpha value is -2.24. The van der Waals surface area contributed by atoms with Crippen LogP contribution in [0.1, 0.15) is 29.2 Å². The van der Waals surface area contributed by atoms with Crippen molar-refractivity contribution in [3.63, 3.8) is 0 Å². The molecule has 1 aromatic rings. The summed E-state index contributed by atoms with van der Waals surface area (Å²) >= 11 is 0. The summed E-state index contributed by atoms with van der Waals surface area (Å²) < 4.78 is 0. The van der Waals surface area contributed by atoms with E-state index in [1.165, 1.54) is 0 Å². The molecule has 0 bridgehead atoms. The van der Waals surface area contributed by atoms with Gasteiger partial charge in [-0.2, -0.15) is 0 Å². The quantitative estimate of drug-likeness (QED) is 0.139. The Morgan fingerprint density at radius 2 is 2.28 bits per heavy atom. The highest BCUT2D eigenvalue weighted by molar-refractivity contribution is 5.97. The fourth-order valence-corrected chi connectivity index (χ4v) is 2.18. The molecule has 94 valence electrons. The summed E-state index contributed by atoms with van der Waals surface area (Å²) in [4.78, 5) is 2.73. The van der Waals surface area contributed by atoms with Crippen LogP contribution in [0, 0.1) is 0 Å². The Morgan fingerprint density at radius 3 is 2.94 bits per heavy atom. The van der Waals surface area contributed by atoms with Crippen LogP contribution in [0.4, 0.5) is 0 Å². The number of benzene rings is 1. The van der Waals surface area contributed by atoms with Crippen molar-refractivity contribution in [3.05, 3.63) is 45.3 Å². The molecule has 0 radical (unpaired) electrons. The first-order chi connectivity index (χ1) is 8.67. The standard InChI is InChI=1S/C11H13N5O2/c12-11(15-18)7-1-3-8-6(5-7)2-4-9(10(8)17)14-16-13/h1,3,5,9-10,17-18H,2,4H2,(H2,12,15)/t9-,10+/m1/s1. The van der Waals surface area contributed by atoms with E-state index >= 15 is 0 Å². The summed E-state index contributed by atoms with van der Waals surface area (Å²) in [6, 6.07) is 4.72. The molecule has 0 saturated heterocycles. The SMILES string of the molecule is [N-]=[N+]=N[C@@H]1CCc2cc(C(N)=NO)ccc2[C@@H]1O. The number of aryl methyl sites for hydroxylation is 1. The van der Waals surface area contributed by atoms with Crippen LogP contribution in [-0.2, 0) is 6.42 Å². The molecule has 7 nitrogen and oxygen atoms in total. The first-order valence-electron chi connectivity index (χ1n) is 5.50. The molecule has 18 heavy (non-hydrogen) atoms. The van der Waals surface area contributed by atoms with Crippen LogP contribution in [0.25, 0.3) is 10.4 Å². The molecule has 1 aliphatic rings. The molecular weight excluding hydrogens is 234 g/mol. The molecule has 2 atom stereocenters. The Morgan fingerprint density at radius 1 is 1.50 bits per heavy atom. The first kappa shape index (κ1) is 12.2. The molecule has 2 rings (SSSR count). The number of rotatable bonds is 2. The fraction of sp³-hybridized carbons (Fsp3) is 0.364. The van der Waals surface area contributed by atoms with Gasteiger partial charge in [-0.15, -0.1) is 0 Å². The van der Waals surface area contributed by atoms with E-state index in [4.69, 9.17) is 16.5 Å². The van der Waals surface area contributed by atoms with Crippen LogP contribution in [0.3, 0.4) is 0 Å². The van der Waals surface area contributed by atoms with Crippen molar-refractivity contribution in [2.45, 2.75) is 25.0 Å². The van der Waals surface area contributed by atoms with Gasteiger partial charge in [-0.1, -0.05) is 22.4 Å². The molecule has 0 aliphatic heterocycles. The van der Waals surface area contributed by atoms with Gasteiger partial charge in [0, 0.05) is 10.5 Å². The second-order valence-corrected chi connectivity index (χ2v) is 4.15. The number of nitrogens with two attached hydrogens (primary N) is 1. The zero-order valence-electron chi connectivity index (χ0n) is 9.56. The summed E-state index contributed by atoms with van der Waals surface area (Å²) in [5.74, 6) is 0.0319. The lowest BCUT2D eigenvalue weighted by atomic mass is 9.85. The fourth-order valence-electron chi connectivity index (χ4n) is 2.18. The van der Waals surface area contributed by atoms with E-state index in [1.54, 1.807) is 18.2 Å². The summed E-state index contributed by atoms with van der Waals surface area (Å²) in [5.41, 5.74) is 16.2. The van der Waals surface area contributed by atoms with Crippen molar-refractivity contribution in [1.82, 2.24) is 0 Å². The maximum Gasteiger partial charge on any atom is 0.170 e. The average Bonchev–Trinajstić information content (AvgIpc) is 2.41. The molecule has 1 aromatic carbocycles. The molecule has 0 saturated carbocycles. The Labute approximate surface area is 103 Å². The predicted octanol–water partition coefficient (Wildman–Crippen LogP) is 1.44. The molecule has 7 heteroatoms. The van der Waals surface area contributed by atoms with Gasteiger partial charge in [-0.05, 0) is 35.6 Å². The van der Waals surface area contributed by atoms with Crippen LogP contribution in [0.2, 0.25) is 0 Å². The van der Waals surface area contributed by atoms with Crippen LogP contribution in [0.5, 0.6) is 0 Å². The minimum absolute atomic E-state index is 0.0319. The first-order valence-corrected chi connectivity index (χ1v) is 5.50. The Bertz CT molecular complexity index is 536. The van der Waals surface area contributed by atoms with Gasteiger partial charge in [0.25, 0.3) is 0 Å². The number of fused-ring (bicyclic) bond motifs is 1. The van der Waals surface area contributed by atoms with E-state index in [0.29, 0.717) is 18.4 Å². The Kier molecular flexibility index (Phi) is 3.36. The maximum absolute atomic E-state index is 10.1. The summed E-state index contributed by atoms with van der Waals surface area (Å²) in [6.45, 7) is 0. The van der Waals surface area contributed by atoms with Gasteiger partial charge < -0.3 is 16.0 Å². The minimum Gasteiger partial charge on any atom is -0.409 e. The van der Waals surface area contributed by atoms with Crippen molar-refractivity contribution >= 4 is 5.84 Å². The molecule has 0 amide bonds. The molecule has 1 aliphatic carbocycles. The topological polar surface area (TPSA) is 128 Å². The molecule has 0 fully saturated rings. The normalized spacial score (nSPS) is 23.1. The van der Waals surface area contributed by atoms with Crippen LogP contribution in [-0.4, -0.2) is 22.2 Å². The van der Waals surface area contributed by atoms with E-state index in [1.807, 2.05) is 0 Å². The number of amidine groups is 1. The van der Waals surface area contributed by atoms with Crippen LogP contribution < -0.4 is 5.73 Å². The van der Waals surface area contributed by atoms with Gasteiger partial charge in [0.15, 0.2) is 5.84 Å². The summed E-state index contributed by atoms with van der Waals surface area (Å²) in [5, 5.41) is 25.2. The lowest BCUT2D eigenvalue weighted by Crippen LogP contribution is -2.24. The summed E-state index contributed by atoms with van der Waals surface area (Å²) in [6.07, 6.45) is 0.464. The molecular formula is C11H13N5O2. The van der Waals surface area contributed by atoms with Gasteiger partial charge in [0.05, 0.1) is 12.1 Å². The number of nitrogens with zero attached hydrogens (tertiary/aromatic N) is 4. The van der Waals surface area contributed by atoms with E-state index in [0.717, 1.165) is 11.1 Å². The van der Waals surface area contributed by atoms with Gasteiger partial charge in [0.1, 0.15) is 0 Å². The van der Waals surface area contributed by atoms with E-state index in [9.17, 15) is 5.11 Å². The van der Waals surface area contributed by atoms with Gasteiger partial charge in [-0.3, -0.25) is 0 Å². The van der Waals surface area contributed by atoms with Crippen molar-refractivity contribution in [2.75, 3.05) is 0 Å². The van der Waals surface area contributed by atoms with Gasteiger partial charge in [-0.25, -0.2) is 0 Å². The van der Waals surface area contributed by atoms with Gasteiger partial charge >= 0.3 is 0 Å². The predicted molar refractivity (Wildman–Crippen MR) is 65.2 cm³/mol. The van der Waals surface area contributed by atoms with Gasteiger partial charge in [0.2, 0.25) is 0 Å². The third kappa shape index (κ3) is 2.09. The van der Waals surface area contributed by atoms with Crippen molar-refractivity contribution in [2.24, 2.45) is 16.0 Å². The van der Waals surface area contributed by atoms with Crippen LogP contribution >= 0.6 is 0 Å². The molecule has 0 heterocycles. The lowest BCUT2D eigenvalue weighted by Gasteiger charge is -2.27. The third-order valence-electron chi connectivity index (χ3n) is 3.14. The maximum atomic E-state index is 10.1. The molecule has 0 aromatic heterocycles. The molecule has 4 N–H and O–H groups in total. The van der Waals surface area contributed by atoms with Crippen molar-refractivity contribution < 1.29 is 10.3 Å². The second-order valence-electron chi connectivity index (χ2n) is 4.15.